The zero-order chi connectivity index (χ0) is 11.3. The largest absolute Gasteiger partial charge is 0.465 e. The number of nitrogens with two attached hydrogens (primary N) is 2. The molecule has 1 rings (SSSR count). The number of pyridine rings is 1. The summed E-state index contributed by atoms with van der Waals surface area (Å²) in [6, 6.07) is 2.82. The van der Waals surface area contributed by atoms with Crippen LogP contribution in [0.1, 0.15) is 12.5 Å². The summed E-state index contributed by atoms with van der Waals surface area (Å²) in [7, 11) is 0. The van der Waals surface area contributed by atoms with Crippen LogP contribution in [0, 0.1) is 0 Å². The maximum atomic E-state index is 11.2. The Balaban J connectivity index is 2.54. The molecule has 0 aliphatic heterocycles. The van der Waals surface area contributed by atoms with Gasteiger partial charge in [-0.05, 0) is 25.0 Å². The van der Waals surface area contributed by atoms with Crippen LogP contribution < -0.4 is 11.5 Å². The van der Waals surface area contributed by atoms with Gasteiger partial charge in [-0.2, -0.15) is 0 Å². The minimum Gasteiger partial charge on any atom is -0.465 e. The van der Waals surface area contributed by atoms with Gasteiger partial charge in [0.05, 0.1) is 6.61 Å². The summed E-state index contributed by atoms with van der Waals surface area (Å²) in [6.07, 6.45) is 2.01. The molecule has 0 fully saturated rings. The van der Waals surface area contributed by atoms with Crippen LogP contribution in [-0.2, 0) is 16.0 Å². The maximum absolute atomic E-state index is 11.2. The Kier molecular flexibility index (Phi) is 4.05. The van der Waals surface area contributed by atoms with E-state index in [0.29, 0.717) is 18.8 Å². The predicted octanol–water partition coefficient (Wildman–Crippen LogP) is 0.0967. The van der Waals surface area contributed by atoms with Gasteiger partial charge in [0.1, 0.15) is 11.9 Å². The molecule has 4 N–H and O–H groups in total. The third kappa shape index (κ3) is 3.55. The third-order valence-electron chi connectivity index (χ3n) is 1.89. The molecule has 0 bridgehead atoms. The second kappa shape index (κ2) is 5.31. The molecule has 0 aliphatic carbocycles. The van der Waals surface area contributed by atoms with Crippen molar-refractivity contribution in [1.29, 1.82) is 0 Å². The monoisotopic (exact) mass is 209 g/mol. The fraction of sp³-hybridized carbons (Fsp3) is 0.400. The molecule has 0 saturated heterocycles. The Morgan fingerprint density at radius 3 is 2.87 bits per heavy atom. The van der Waals surface area contributed by atoms with E-state index in [1.807, 2.05) is 0 Å². The van der Waals surface area contributed by atoms with Crippen molar-refractivity contribution >= 4 is 11.8 Å². The fourth-order valence-electron chi connectivity index (χ4n) is 1.14. The van der Waals surface area contributed by atoms with Gasteiger partial charge in [-0.3, -0.25) is 4.79 Å². The summed E-state index contributed by atoms with van der Waals surface area (Å²) in [4.78, 5) is 15.1. The number of carbonyl (C=O) groups excluding carboxylic acids is 1. The molecule has 0 amide bonds. The number of esters is 1. The van der Waals surface area contributed by atoms with Crippen LogP contribution in [0.3, 0.4) is 0 Å². The molecule has 82 valence electrons. The average molecular weight is 209 g/mol. The Bertz CT molecular complexity index is 324. The number of ether oxygens (including phenoxy) is 1. The summed E-state index contributed by atoms with van der Waals surface area (Å²) in [5, 5.41) is 0. The molecular formula is C10H15N3O2. The van der Waals surface area contributed by atoms with E-state index in [0.717, 1.165) is 5.56 Å². The first-order chi connectivity index (χ1) is 7.13. The Labute approximate surface area is 88.4 Å². The van der Waals surface area contributed by atoms with Crippen LogP contribution >= 0.6 is 0 Å². The topological polar surface area (TPSA) is 91.2 Å². The van der Waals surface area contributed by atoms with Gasteiger partial charge in [0.25, 0.3) is 0 Å². The first-order valence-corrected chi connectivity index (χ1v) is 4.76. The van der Waals surface area contributed by atoms with Crippen molar-refractivity contribution in [2.24, 2.45) is 5.73 Å². The van der Waals surface area contributed by atoms with E-state index in [1.54, 1.807) is 25.3 Å². The van der Waals surface area contributed by atoms with Crippen molar-refractivity contribution in [3.05, 3.63) is 23.9 Å². The number of hydrogen-bond donors (Lipinski definition) is 2. The highest BCUT2D eigenvalue weighted by atomic mass is 16.5. The van der Waals surface area contributed by atoms with Crippen LogP contribution in [0.25, 0.3) is 0 Å². The highest BCUT2D eigenvalue weighted by Gasteiger charge is 2.14. The quantitative estimate of drug-likeness (QED) is 0.686. The highest BCUT2D eigenvalue weighted by molar-refractivity contribution is 5.75. The Hall–Kier alpha value is -1.62. The number of nitrogen functional groups attached to an aromatic ring is 1. The van der Waals surface area contributed by atoms with E-state index >= 15 is 0 Å². The smallest absolute Gasteiger partial charge is 0.323 e. The molecule has 15 heavy (non-hydrogen) atoms. The number of aromatic nitrogens is 1. The molecule has 1 aromatic heterocycles. The zero-order valence-electron chi connectivity index (χ0n) is 8.64. The first kappa shape index (κ1) is 11.5. The number of carbonyl (C=O) groups is 1. The fourth-order valence-corrected chi connectivity index (χ4v) is 1.14. The molecule has 5 nitrogen and oxygen atoms in total. The van der Waals surface area contributed by atoms with Crippen molar-refractivity contribution in [2.45, 2.75) is 19.4 Å². The van der Waals surface area contributed by atoms with Gasteiger partial charge in [-0.1, -0.05) is 6.07 Å². The SMILES string of the molecule is CCOC(=O)[C@@H](N)Cc1ccc(N)nc1. The number of nitrogens with zero attached hydrogens (tertiary/aromatic N) is 1. The first-order valence-electron chi connectivity index (χ1n) is 4.76. The number of hydrogen-bond acceptors (Lipinski definition) is 5. The van der Waals surface area contributed by atoms with E-state index in [9.17, 15) is 4.79 Å². The van der Waals surface area contributed by atoms with Crippen LogP contribution in [0.4, 0.5) is 5.82 Å². The van der Waals surface area contributed by atoms with Crippen molar-refractivity contribution in [3.63, 3.8) is 0 Å². The normalized spacial score (nSPS) is 12.1. The molecule has 0 unspecified atom stereocenters. The summed E-state index contributed by atoms with van der Waals surface area (Å²) < 4.78 is 4.79. The summed E-state index contributed by atoms with van der Waals surface area (Å²) in [5.74, 6) is 0.0535. The lowest BCUT2D eigenvalue weighted by atomic mass is 10.1. The van der Waals surface area contributed by atoms with Crippen LogP contribution in [0.2, 0.25) is 0 Å². The lowest BCUT2D eigenvalue weighted by molar-refractivity contribution is -0.144. The molecular weight excluding hydrogens is 194 g/mol. The van der Waals surface area contributed by atoms with E-state index in [4.69, 9.17) is 16.2 Å². The average Bonchev–Trinajstić information content (AvgIpc) is 2.22. The minimum absolute atomic E-state index is 0.340. The molecule has 0 aromatic carbocycles. The Morgan fingerprint density at radius 1 is 1.60 bits per heavy atom. The van der Waals surface area contributed by atoms with Crippen molar-refractivity contribution in [1.82, 2.24) is 4.98 Å². The number of rotatable bonds is 4. The maximum Gasteiger partial charge on any atom is 0.323 e. The molecule has 1 aromatic rings. The minimum atomic E-state index is -0.643. The molecule has 0 aliphatic rings. The van der Waals surface area contributed by atoms with Gasteiger partial charge in [0, 0.05) is 6.20 Å². The number of anilines is 1. The van der Waals surface area contributed by atoms with Gasteiger partial charge >= 0.3 is 5.97 Å². The van der Waals surface area contributed by atoms with Crippen LogP contribution in [0.5, 0.6) is 0 Å². The molecule has 1 atom stereocenters. The summed E-state index contributed by atoms with van der Waals surface area (Å²) >= 11 is 0. The standard InChI is InChI=1S/C10H15N3O2/c1-2-15-10(14)8(11)5-7-3-4-9(12)13-6-7/h3-4,6,8H,2,5,11H2,1H3,(H2,12,13)/t8-/m0/s1. The van der Waals surface area contributed by atoms with Crippen molar-refractivity contribution in [3.8, 4) is 0 Å². The summed E-state index contributed by atoms with van der Waals surface area (Å²) in [6.45, 7) is 2.09. The van der Waals surface area contributed by atoms with Crippen LogP contribution in [0.15, 0.2) is 18.3 Å². The Morgan fingerprint density at radius 2 is 2.33 bits per heavy atom. The van der Waals surface area contributed by atoms with E-state index < -0.39 is 12.0 Å². The molecule has 0 spiro atoms. The van der Waals surface area contributed by atoms with Gasteiger partial charge in [-0.15, -0.1) is 0 Å². The third-order valence-corrected chi connectivity index (χ3v) is 1.89. The molecule has 5 heteroatoms. The van der Waals surface area contributed by atoms with Gasteiger partial charge in [0.2, 0.25) is 0 Å². The van der Waals surface area contributed by atoms with E-state index in [2.05, 4.69) is 4.98 Å². The zero-order valence-corrected chi connectivity index (χ0v) is 8.64. The lowest BCUT2D eigenvalue weighted by Crippen LogP contribution is -2.34. The second-order valence-electron chi connectivity index (χ2n) is 3.15. The van der Waals surface area contributed by atoms with Crippen molar-refractivity contribution < 1.29 is 9.53 Å². The van der Waals surface area contributed by atoms with Crippen molar-refractivity contribution in [2.75, 3.05) is 12.3 Å². The van der Waals surface area contributed by atoms with Gasteiger partial charge < -0.3 is 16.2 Å². The highest BCUT2D eigenvalue weighted by Crippen LogP contribution is 2.04. The van der Waals surface area contributed by atoms with Gasteiger partial charge in [-0.25, -0.2) is 4.98 Å². The molecule has 0 saturated carbocycles. The predicted molar refractivity (Wildman–Crippen MR) is 57.0 cm³/mol. The molecule has 1 heterocycles. The van der Waals surface area contributed by atoms with Gasteiger partial charge in [0.15, 0.2) is 0 Å². The van der Waals surface area contributed by atoms with E-state index in [1.165, 1.54) is 0 Å². The van der Waals surface area contributed by atoms with Crippen LogP contribution in [-0.4, -0.2) is 23.6 Å². The summed E-state index contributed by atoms with van der Waals surface area (Å²) in [5.41, 5.74) is 11.9. The second-order valence-corrected chi connectivity index (χ2v) is 3.15. The lowest BCUT2D eigenvalue weighted by Gasteiger charge is -2.09. The van der Waals surface area contributed by atoms with E-state index in [-0.39, 0.29) is 0 Å². The molecule has 0 radical (unpaired) electrons.